The Morgan fingerprint density at radius 2 is 1.75 bits per heavy atom. The second-order valence-electron chi connectivity index (χ2n) is 6.68. The number of likely N-dealkylation sites (N-methyl/N-ethyl adjacent to an activating group) is 1. The molecule has 0 bridgehead atoms. The largest absolute Gasteiger partial charge is 0.340 e. The van der Waals surface area contributed by atoms with E-state index < -0.39 is 0 Å². The zero-order valence-corrected chi connectivity index (χ0v) is 14.7. The fourth-order valence-electron chi connectivity index (χ4n) is 3.58. The maximum atomic E-state index is 12.7. The maximum absolute atomic E-state index is 12.7. The molecule has 2 amide bonds. The summed E-state index contributed by atoms with van der Waals surface area (Å²) in [6, 6.07) is 8.09. The second kappa shape index (κ2) is 7.34. The third-order valence-corrected chi connectivity index (χ3v) is 5.26. The van der Waals surface area contributed by atoms with Crippen LogP contribution in [-0.2, 0) is 16.0 Å². The highest BCUT2D eigenvalue weighted by atomic mass is 16.2. The summed E-state index contributed by atoms with van der Waals surface area (Å²) in [6.07, 6.45) is 1.32. The quantitative estimate of drug-likeness (QED) is 0.845. The Labute approximate surface area is 144 Å². The summed E-state index contributed by atoms with van der Waals surface area (Å²) in [5, 5.41) is 0. The number of carbonyl (C=O) groups is 2. The molecule has 2 fully saturated rings. The molecule has 1 atom stereocenters. The Kier molecular flexibility index (Phi) is 5.19. The molecule has 0 spiro atoms. The lowest BCUT2D eigenvalue weighted by atomic mass is 10.1. The Bertz CT molecular complexity index is 591. The van der Waals surface area contributed by atoms with E-state index in [0.29, 0.717) is 13.0 Å². The van der Waals surface area contributed by atoms with E-state index in [1.165, 1.54) is 5.56 Å². The number of piperazine rings is 1. The molecule has 0 aromatic heterocycles. The summed E-state index contributed by atoms with van der Waals surface area (Å²) >= 11 is 0. The standard InChI is InChI=1S/C19H27N3O2/c1-3-15-5-7-17(8-6-15)22-14-16(13-18(22)23)19(24)21-11-9-20(4-2)10-12-21/h5-8,16H,3-4,9-14H2,1-2H3/t16-/m0/s1. The fourth-order valence-corrected chi connectivity index (χ4v) is 3.58. The van der Waals surface area contributed by atoms with Gasteiger partial charge in [0.1, 0.15) is 0 Å². The van der Waals surface area contributed by atoms with E-state index in [9.17, 15) is 9.59 Å². The van der Waals surface area contributed by atoms with E-state index in [-0.39, 0.29) is 17.7 Å². The molecule has 2 saturated heterocycles. The van der Waals surface area contributed by atoms with Gasteiger partial charge in [-0.05, 0) is 30.7 Å². The highest BCUT2D eigenvalue weighted by molar-refractivity contribution is 6.00. The van der Waals surface area contributed by atoms with Gasteiger partial charge in [-0.3, -0.25) is 9.59 Å². The van der Waals surface area contributed by atoms with E-state index in [0.717, 1.165) is 44.8 Å². The average Bonchev–Trinajstić information content (AvgIpc) is 3.03. The zero-order valence-electron chi connectivity index (χ0n) is 14.7. The zero-order chi connectivity index (χ0) is 17.1. The highest BCUT2D eigenvalue weighted by Crippen LogP contribution is 2.27. The number of hydrogen-bond donors (Lipinski definition) is 0. The lowest BCUT2D eigenvalue weighted by molar-refractivity contribution is -0.137. The molecule has 5 nitrogen and oxygen atoms in total. The van der Waals surface area contributed by atoms with Crippen molar-refractivity contribution in [3.8, 4) is 0 Å². The summed E-state index contributed by atoms with van der Waals surface area (Å²) in [5.41, 5.74) is 2.16. The van der Waals surface area contributed by atoms with Gasteiger partial charge < -0.3 is 14.7 Å². The second-order valence-corrected chi connectivity index (χ2v) is 6.68. The van der Waals surface area contributed by atoms with Crippen LogP contribution in [0.3, 0.4) is 0 Å². The maximum Gasteiger partial charge on any atom is 0.228 e. The lowest BCUT2D eigenvalue weighted by Crippen LogP contribution is -2.50. The van der Waals surface area contributed by atoms with Gasteiger partial charge in [-0.1, -0.05) is 26.0 Å². The summed E-state index contributed by atoms with van der Waals surface area (Å²) in [4.78, 5) is 31.2. The van der Waals surface area contributed by atoms with Crippen LogP contribution in [-0.4, -0.2) is 60.9 Å². The predicted octanol–water partition coefficient (Wildman–Crippen LogP) is 1.77. The van der Waals surface area contributed by atoms with Gasteiger partial charge >= 0.3 is 0 Å². The highest BCUT2D eigenvalue weighted by Gasteiger charge is 2.37. The van der Waals surface area contributed by atoms with Crippen LogP contribution in [0.2, 0.25) is 0 Å². The van der Waals surface area contributed by atoms with Crippen molar-refractivity contribution in [3.05, 3.63) is 29.8 Å². The number of hydrogen-bond acceptors (Lipinski definition) is 3. The van der Waals surface area contributed by atoms with Crippen molar-refractivity contribution in [2.45, 2.75) is 26.7 Å². The minimum absolute atomic E-state index is 0.0600. The Hall–Kier alpha value is -1.88. The smallest absolute Gasteiger partial charge is 0.228 e. The number of rotatable bonds is 4. The Balaban J connectivity index is 1.62. The van der Waals surface area contributed by atoms with E-state index in [2.05, 4.69) is 30.9 Å². The molecule has 130 valence electrons. The van der Waals surface area contributed by atoms with E-state index in [1.807, 2.05) is 17.0 Å². The first-order chi connectivity index (χ1) is 11.6. The van der Waals surface area contributed by atoms with Gasteiger partial charge in [-0.2, -0.15) is 0 Å². The van der Waals surface area contributed by atoms with Gasteiger partial charge in [-0.15, -0.1) is 0 Å². The van der Waals surface area contributed by atoms with Gasteiger partial charge in [0.25, 0.3) is 0 Å². The minimum atomic E-state index is -0.198. The third-order valence-electron chi connectivity index (χ3n) is 5.26. The molecule has 5 heteroatoms. The van der Waals surface area contributed by atoms with Gasteiger partial charge in [0.15, 0.2) is 0 Å². The molecule has 0 N–H and O–H groups in total. The first-order valence-corrected chi connectivity index (χ1v) is 9.02. The molecule has 2 heterocycles. The molecular formula is C19H27N3O2. The lowest BCUT2D eigenvalue weighted by Gasteiger charge is -2.35. The van der Waals surface area contributed by atoms with Crippen LogP contribution < -0.4 is 4.90 Å². The normalized spacial score (nSPS) is 22.2. The summed E-state index contributed by atoms with van der Waals surface area (Å²) in [6.45, 7) is 9.24. The minimum Gasteiger partial charge on any atom is -0.340 e. The molecule has 1 aromatic rings. The average molecular weight is 329 g/mol. The van der Waals surface area contributed by atoms with Gasteiger partial charge in [0, 0.05) is 44.8 Å². The molecule has 0 aliphatic carbocycles. The number of aryl methyl sites for hydroxylation is 1. The molecule has 1 aromatic carbocycles. The monoisotopic (exact) mass is 329 g/mol. The topological polar surface area (TPSA) is 43.9 Å². The van der Waals surface area contributed by atoms with Crippen molar-refractivity contribution in [1.82, 2.24) is 9.80 Å². The number of amides is 2. The summed E-state index contributed by atoms with van der Waals surface area (Å²) in [7, 11) is 0. The van der Waals surface area contributed by atoms with Crippen LogP contribution in [0.25, 0.3) is 0 Å². The van der Waals surface area contributed by atoms with Gasteiger partial charge in [0.2, 0.25) is 11.8 Å². The molecule has 2 aliphatic heterocycles. The van der Waals surface area contributed by atoms with Crippen molar-refractivity contribution >= 4 is 17.5 Å². The van der Waals surface area contributed by atoms with Crippen LogP contribution in [0, 0.1) is 5.92 Å². The van der Waals surface area contributed by atoms with Crippen LogP contribution in [0.5, 0.6) is 0 Å². The van der Waals surface area contributed by atoms with Gasteiger partial charge in [-0.25, -0.2) is 0 Å². The summed E-state index contributed by atoms with van der Waals surface area (Å²) in [5.74, 6) is 0.00750. The first-order valence-electron chi connectivity index (χ1n) is 9.02. The SMILES string of the molecule is CCc1ccc(N2C[C@@H](C(=O)N3CCN(CC)CC3)CC2=O)cc1. The van der Waals surface area contributed by atoms with E-state index >= 15 is 0 Å². The van der Waals surface area contributed by atoms with Crippen molar-refractivity contribution in [2.75, 3.05) is 44.2 Å². The van der Waals surface area contributed by atoms with Crippen molar-refractivity contribution in [1.29, 1.82) is 0 Å². The van der Waals surface area contributed by atoms with Gasteiger partial charge in [0.05, 0.1) is 5.92 Å². The number of anilines is 1. The molecule has 0 saturated carbocycles. The van der Waals surface area contributed by atoms with Crippen LogP contribution in [0.1, 0.15) is 25.8 Å². The number of nitrogens with zero attached hydrogens (tertiary/aromatic N) is 3. The third kappa shape index (κ3) is 3.46. The number of carbonyl (C=O) groups excluding carboxylic acids is 2. The predicted molar refractivity (Wildman–Crippen MR) is 95.0 cm³/mol. The van der Waals surface area contributed by atoms with Crippen LogP contribution >= 0.6 is 0 Å². The van der Waals surface area contributed by atoms with Crippen molar-refractivity contribution in [3.63, 3.8) is 0 Å². The van der Waals surface area contributed by atoms with Crippen molar-refractivity contribution in [2.24, 2.45) is 5.92 Å². The van der Waals surface area contributed by atoms with Crippen molar-refractivity contribution < 1.29 is 9.59 Å². The molecule has 0 radical (unpaired) electrons. The fraction of sp³-hybridized carbons (Fsp3) is 0.579. The van der Waals surface area contributed by atoms with Crippen LogP contribution in [0.4, 0.5) is 5.69 Å². The Morgan fingerprint density at radius 1 is 1.08 bits per heavy atom. The molecule has 24 heavy (non-hydrogen) atoms. The molecule has 2 aliphatic rings. The molecule has 3 rings (SSSR count). The summed E-state index contributed by atoms with van der Waals surface area (Å²) < 4.78 is 0. The van der Waals surface area contributed by atoms with Crippen LogP contribution in [0.15, 0.2) is 24.3 Å². The van der Waals surface area contributed by atoms with E-state index in [4.69, 9.17) is 0 Å². The molecular weight excluding hydrogens is 302 g/mol. The Morgan fingerprint density at radius 3 is 2.33 bits per heavy atom. The molecule has 0 unspecified atom stereocenters. The number of benzene rings is 1. The van der Waals surface area contributed by atoms with E-state index in [1.54, 1.807) is 4.90 Å². The first kappa shape index (κ1) is 17.0.